The number of methoxy groups -OCH3 is 1. The lowest BCUT2D eigenvalue weighted by molar-refractivity contribution is -0.183. The molecule has 0 aromatic rings. The average molecular weight is 159 g/mol. The topological polar surface area (TPSA) is 49.8 Å². The van der Waals surface area contributed by atoms with Gasteiger partial charge in [0.15, 0.2) is 0 Å². The summed E-state index contributed by atoms with van der Waals surface area (Å²) < 4.78 is 4.57. The Morgan fingerprint density at radius 2 is 2.36 bits per heavy atom. The number of rotatable bonds is 1. The Labute approximate surface area is 65.7 Å². The molecule has 0 bridgehead atoms. The van der Waals surface area contributed by atoms with Crippen LogP contribution in [0, 0.1) is 0 Å². The van der Waals surface area contributed by atoms with E-state index in [1.165, 1.54) is 7.11 Å². The molecular weight excluding hydrogens is 146 g/mol. The summed E-state index contributed by atoms with van der Waals surface area (Å²) in [5.41, 5.74) is -0.811. The maximum atomic E-state index is 11.1. The molecule has 0 unspecified atom stereocenters. The van der Waals surface area contributed by atoms with Gasteiger partial charge in [-0.25, -0.2) is 4.79 Å². The fourth-order valence-corrected chi connectivity index (χ4v) is 1.38. The molecule has 11 heavy (non-hydrogen) atoms. The standard InChI is InChI=1S/C7H13NO3/c1-7(6(9)11-2)4-3-5-8(7)10/h10H,3-5H2,1-2H3/t7-/m1/s1. The maximum absolute atomic E-state index is 11.1. The van der Waals surface area contributed by atoms with Gasteiger partial charge in [0.1, 0.15) is 5.54 Å². The van der Waals surface area contributed by atoms with E-state index in [1.54, 1.807) is 6.92 Å². The summed E-state index contributed by atoms with van der Waals surface area (Å²) in [5.74, 6) is -0.363. The molecule has 0 aromatic heterocycles. The molecular formula is C7H13NO3. The quantitative estimate of drug-likeness (QED) is 0.563. The lowest BCUT2D eigenvalue weighted by Crippen LogP contribution is -2.46. The van der Waals surface area contributed by atoms with Crippen LogP contribution in [0.25, 0.3) is 0 Å². The highest BCUT2D eigenvalue weighted by Gasteiger charge is 2.43. The van der Waals surface area contributed by atoms with Crippen molar-refractivity contribution in [3.63, 3.8) is 0 Å². The minimum Gasteiger partial charge on any atom is -0.468 e. The summed E-state index contributed by atoms with van der Waals surface area (Å²) in [5, 5.41) is 10.3. The molecule has 0 aromatic carbocycles. The number of nitrogens with zero attached hydrogens (tertiary/aromatic N) is 1. The molecule has 64 valence electrons. The minimum atomic E-state index is -0.811. The second-order valence-electron chi connectivity index (χ2n) is 2.99. The zero-order chi connectivity index (χ0) is 8.48. The molecule has 1 rings (SSSR count). The number of carbonyl (C=O) groups is 1. The van der Waals surface area contributed by atoms with E-state index < -0.39 is 5.54 Å². The fraction of sp³-hybridized carbons (Fsp3) is 0.857. The fourth-order valence-electron chi connectivity index (χ4n) is 1.38. The van der Waals surface area contributed by atoms with Crippen molar-refractivity contribution in [2.75, 3.05) is 13.7 Å². The summed E-state index contributed by atoms with van der Waals surface area (Å²) in [6.07, 6.45) is 1.50. The number of hydroxylamine groups is 2. The van der Waals surface area contributed by atoms with Gasteiger partial charge in [0.25, 0.3) is 0 Å². The predicted octanol–water partition coefficient (Wildman–Crippen LogP) is 0.403. The Balaban J connectivity index is 2.72. The monoisotopic (exact) mass is 159 g/mol. The van der Waals surface area contributed by atoms with Crippen molar-refractivity contribution in [3.8, 4) is 0 Å². The van der Waals surface area contributed by atoms with Crippen LogP contribution in [0.1, 0.15) is 19.8 Å². The number of esters is 1. The Hall–Kier alpha value is -0.610. The van der Waals surface area contributed by atoms with Crippen molar-refractivity contribution in [3.05, 3.63) is 0 Å². The Kier molecular flexibility index (Phi) is 2.15. The van der Waals surface area contributed by atoms with E-state index >= 15 is 0 Å². The van der Waals surface area contributed by atoms with E-state index in [2.05, 4.69) is 4.74 Å². The van der Waals surface area contributed by atoms with Gasteiger partial charge >= 0.3 is 5.97 Å². The van der Waals surface area contributed by atoms with Crippen LogP contribution in [0.5, 0.6) is 0 Å². The van der Waals surface area contributed by atoms with E-state index in [0.29, 0.717) is 13.0 Å². The first-order chi connectivity index (χ1) is 5.11. The molecule has 1 aliphatic heterocycles. The molecule has 1 N–H and O–H groups in total. The molecule has 1 heterocycles. The Bertz CT molecular complexity index is 171. The molecule has 0 saturated carbocycles. The minimum absolute atomic E-state index is 0.363. The van der Waals surface area contributed by atoms with E-state index in [-0.39, 0.29) is 5.97 Å². The summed E-state index contributed by atoms with van der Waals surface area (Å²) in [6.45, 7) is 2.23. The molecule has 0 aliphatic carbocycles. The molecule has 0 amide bonds. The van der Waals surface area contributed by atoms with Crippen LogP contribution in [0.4, 0.5) is 0 Å². The largest absolute Gasteiger partial charge is 0.468 e. The molecule has 1 aliphatic rings. The van der Waals surface area contributed by atoms with Crippen LogP contribution >= 0.6 is 0 Å². The second-order valence-corrected chi connectivity index (χ2v) is 2.99. The van der Waals surface area contributed by atoms with E-state index in [9.17, 15) is 10.0 Å². The van der Waals surface area contributed by atoms with Gasteiger partial charge in [0.05, 0.1) is 7.11 Å². The highest BCUT2D eigenvalue weighted by molar-refractivity contribution is 5.80. The smallest absolute Gasteiger partial charge is 0.328 e. The van der Waals surface area contributed by atoms with Gasteiger partial charge in [-0.2, -0.15) is 5.06 Å². The maximum Gasteiger partial charge on any atom is 0.328 e. The van der Waals surface area contributed by atoms with Gasteiger partial charge in [-0.3, -0.25) is 0 Å². The first-order valence-corrected chi connectivity index (χ1v) is 3.66. The average Bonchev–Trinajstić information content (AvgIpc) is 2.32. The van der Waals surface area contributed by atoms with Crippen LogP contribution in [0.15, 0.2) is 0 Å². The Morgan fingerprint density at radius 3 is 2.73 bits per heavy atom. The van der Waals surface area contributed by atoms with E-state index in [0.717, 1.165) is 11.5 Å². The van der Waals surface area contributed by atoms with Crippen molar-refractivity contribution in [2.24, 2.45) is 0 Å². The first kappa shape index (κ1) is 8.49. The first-order valence-electron chi connectivity index (χ1n) is 3.66. The molecule has 4 nitrogen and oxygen atoms in total. The van der Waals surface area contributed by atoms with E-state index in [1.807, 2.05) is 0 Å². The van der Waals surface area contributed by atoms with Gasteiger partial charge in [0, 0.05) is 6.54 Å². The molecule has 1 saturated heterocycles. The SMILES string of the molecule is COC(=O)[C@@]1(C)CCCN1O. The zero-order valence-corrected chi connectivity index (χ0v) is 6.83. The summed E-state index contributed by atoms with van der Waals surface area (Å²) >= 11 is 0. The van der Waals surface area contributed by atoms with Gasteiger partial charge in [-0.1, -0.05) is 0 Å². The van der Waals surface area contributed by atoms with Gasteiger partial charge < -0.3 is 9.94 Å². The Morgan fingerprint density at radius 1 is 1.73 bits per heavy atom. The van der Waals surface area contributed by atoms with Crippen LogP contribution in [-0.4, -0.2) is 35.4 Å². The number of hydrogen-bond acceptors (Lipinski definition) is 4. The molecule has 1 atom stereocenters. The van der Waals surface area contributed by atoms with Crippen molar-refractivity contribution in [2.45, 2.75) is 25.3 Å². The van der Waals surface area contributed by atoms with E-state index in [4.69, 9.17) is 0 Å². The number of carbonyl (C=O) groups excluding carboxylic acids is 1. The molecule has 4 heteroatoms. The lowest BCUT2D eigenvalue weighted by Gasteiger charge is -2.26. The lowest BCUT2D eigenvalue weighted by atomic mass is 10.0. The van der Waals surface area contributed by atoms with Gasteiger partial charge in [-0.15, -0.1) is 0 Å². The van der Waals surface area contributed by atoms with Crippen molar-refractivity contribution < 1.29 is 14.7 Å². The van der Waals surface area contributed by atoms with Crippen LogP contribution in [-0.2, 0) is 9.53 Å². The van der Waals surface area contributed by atoms with Crippen molar-refractivity contribution >= 4 is 5.97 Å². The van der Waals surface area contributed by atoms with Crippen molar-refractivity contribution in [1.29, 1.82) is 0 Å². The third kappa shape index (κ3) is 1.23. The number of hydrogen-bond donors (Lipinski definition) is 1. The normalized spacial score (nSPS) is 32.3. The summed E-state index contributed by atoms with van der Waals surface area (Å²) in [6, 6.07) is 0. The van der Waals surface area contributed by atoms with Crippen molar-refractivity contribution in [1.82, 2.24) is 5.06 Å². The summed E-state index contributed by atoms with van der Waals surface area (Å²) in [4.78, 5) is 11.1. The zero-order valence-electron chi connectivity index (χ0n) is 6.83. The van der Waals surface area contributed by atoms with Crippen LogP contribution < -0.4 is 0 Å². The third-order valence-corrected chi connectivity index (χ3v) is 2.23. The van der Waals surface area contributed by atoms with Crippen LogP contribution in [0.2, 0.25) is 0 Å². The second kappa shape index (κ2) is 2.79. The number of ether oxygens (including phenoxy) is 1. The summed E-state index contributed by atoms with van der Waals surface area (Å²) in [7, 11) is 1.33. The highest BCUT2D eigenvalue weighted by atomic mass is 16.5. The molecule has 0 spiro atoms. The third-order valence-electron chi connectivity index (χ3n) is 2.23. The van der Waals surface area contributed by atoms with Gasteiger partial charge in [0.2, 0.25) is 0 Å². The highest BCUT2D eigenvalue weighted by Crippen LogP contribution is 2.27. The van der Waals surface area contributed by atoms with Crippen LogP contribution in [0.3, 0.4) is 0 Å². The molecule has 0 radical (unpaired) electrons. The molecule has 1 fully saturated rings. The van der Waals surface area contributed by atoms with Gasteiger partial charge in [-0.05, 0) is 19.8 Å². The predicted molar refractivity (Wildman–Crippen MR) is 38.1 cm³/mol.